The molecule has 4 heteroatoms. The lowest BCUT2D eigenvalue weighted by Crippen LogP contribution is -2.42. The number of hydrogen-bond donors (Lipinski definition) is 3. The summed E-state index contributed by atoms with van der Waals surface area (Å²) in [6.45, 7) is 4.07. The van der Waals surface area contributed by atoms with Gasteiger partial charge in [-0.3, -0.25) is 4.79 Å². The monoisotopic (exact) mass is 236 g/mol. The largest absolute Gasteiger partial charge is 0.399 e. The Bertz CT molecular complexity index is 370. The number of aliphatic hydroxyl groups is 1. The predicted octanol–water partition coefficient (Wildman–Crippen LogP) is 1.55. The van der Waals surface area contributed by atoms with Gasteiger partial charge in [-0.25, -0.2) is 0 Å². The van der Waals surface area contributed by atoms with Gasteiger partial charge in [0.15, 0.2) is 0 Å². The van der Waals surface area contributed by atoms with Crippen molar-refractivity contribution in [2.45, 2.75) is 32.3 Å². The van der Waals surface area contributed by atoms with Crippen LogP contribution < -0.4 is 11.1 Å². The normalized spacial score (nSPS) is 11.2. The fraction of sp³-hybridized carbons (Fsp3) is 0.462. The van der Waals surface area contributed by atoms with E-state index in [1.165, 1.54) is 0 Å². The Hall–Kier alpha value is -1.55. The highest BCUT2D eigenvalue weighted by atomic mass is 16.3. The van der Waals surface area contributed by atoms with E-state index in [4.69, 9.17) is 5.73 Å². The number of nitrogen functional groups attached to an aromatic ring is 1. The van der Waals surface area contributed by atoms with E-state index in [2.05, 4.69) is 5.32 Å². The second kappa shape index (κ2) is 5.68. The van der Waals surface area contributed by atoms with Crippen molar-refractivity contribution < 1.29 is 9.90 Å². The number of nitrogens with two attached hydrogens (primary N) is 1. The maximum atomic E-state index is 11.8. The maximum Gasteiger partial charge on any atom is 0.251 e. The quantitative estimate of drug-likeness (QED) is 0.679. The third kappa shape index (κ3) is 3.75. The van der Waals surface area contributed by atoms with Crippen LogP contribution in [0.1, 0.15) is 37.0 Å². The molecule has 94 valence electrons. The zero-order valence-corrected chi connectivity index (χ0v) is 10.4. The van der Waals surface area contributed by atoms with Gasteiger partial charge in [0.05, 0.1) is 5.60 Å². The van der Waals surface area contributed by atoms with E-state index in [0.29, 0.717) is 24.1 Å². The van der Waals surface area contributed by atoms with Crippen LogP contribution in [0.3, 0.4) is 0 Å². The first-order valence-electron chi connectivity index (χ1n) is 5.87. The Balaban J connectivity index is 2.58. The van der Waals surface area contributed by atoms with Gasteiger partial charge >= 0.3 is 0 Å². The van der Waals surface area contributed by atoms with Crippen LogP contribution in [0.2, 0.25) is 0 Å². The Morgan fingerprint density at radius 1 is 1.29 bits per heavy atom. The summed E-state index contributed by atoms with van der Waals surface area (Å²) in [5.74, 6) is -0.190. The highest BCUT2D eigenvalue weighted by Crippen LogP contribution is 2.13. The molecule has 4 nitrogen and oxygen atoms in total. The molecule has 0 aliphatic carbocycles. The second-order valence-electron chi connectivity index (χ2n) is 4.24. The van der Waals surface area contributed by atoms with Crippen molar-refractivity contribution in [3.05, 3.63) is 29.8 Å². The van der Waals surface area contributed by atoms with Crippen molar-refractivity contribution >= 4 is 11.6 Å². The van der Waals surface area contributed by atoms with Gasteiger partial charge in [0.2, 0.25) is 0 Å². The van der Waals surface area contributed by atoms with Crippen molar-refractivity contribution in [2.75, 3.05) is 12.3 Å². The molecule has 0 aliphatic rings. The highest BCUT2D eigenvalue weighted by Gasteiger charge is 2.22. The van der Waals surface area contributed by atoms with Gasteiger partial charge in [-0.1, -0.05) is 13.8 Å². The molecule has 0 heterocycles. The number of hydrogen-bond acceptors (Lipinski definition) is 3. The van der Waals surface area contributed by atoms with Crippen molar-refractivity contribution in [1.82, 2.24) is 5.32 Å². The van der Waals surface area contributed by atoms with Gasteiger partial charge in [-0.05, 0) is 37.1 Å². The average Bonchev–Trinajstić information content (AvgIpc) is 2.36. The second-order valence-corrected chi connectivity index (χ2v) is 4.24. The first-order valence-corrected chi connectivity index (χ1v) is 5.87. The number of rotatable bonds is 5. The molecule has 1 aromatic carbocycles. The van der Waals surface area contributed by atoms with E-state index in [1.54, 1.807) is 24.3 Å². The van der Waals surface area contributed by atoms with Gasteiger partial charge < -0.3 is 16.2 Å². The van der Waals surface area contributed by atoms with Crippen molar-refractivity contribution in [3.63, 3.8) is 0 Å². The minimum absolute atomic E-state index is 0.190. The first-order chi connectivity index (χ1) is 8.00. The fourth-order valence-corrected chi connectivity index (χ4v) is 1.48. The smallest absolute Gasteiger partial charge is 0.251 e. The van der Waals surface area contributed by atoms with Gasteiger partial charge in [-0.2, -0.15) is 0 Å². The molecule has 0 fully saturated rings. The summed E-state index contributed by atoms with van der Waals surface area (Å²) in [5.41, 5.74) is 5.90. The maximum absolute atomic E-state index is 11.8. The lowest BCUT2D eigenvalue weighted by molar-refractivity contribution is 0.0314. The molecule has 0 saturated carbocycles. The summed E-state index contributed by atoms with van der Waals surface area (Å²) < 4.78 is 0. The van der Waals surface area contributed by atoms with Gasteiger partial charge in [0.25, 0.3) is 5.91 Å². The summed E-state index contributed by atoms with van der Waals surface area (Å²) in [6, 6.07) is 6.70. The molecule has 1 rings (SSSR count). The lowest BCUT2D eigenvalue weighted by Gasteiger charge is -2.25. The molecule has 17 heavy (non-hydrogen) atoms. The number of carbonyl (C=O) groups excluding carboxylic acids is 1. The molecule has 0 unspecified atom stereocenters. The molecule has 1 aromatic rings. The summed E-state index contributed by atoms with van der Waals surface area (Å²) >= 11 is 0. The van der Waals surface area contributed by atoms with Crippen LogP contribution in [0.25, 0.3) is 0 Å². The molecule has 0 spiro atoms. The summed E-state index contributed by atoms with van der Waals surface area (Å²) in [4.78, 5) is 11.8. The van der Waals surface area contributed by atoms with Crippen molar-refractivity contribution in [1.29, 1.82) is 0 Å². The fourth-order valence-electron chi connectivity index (χ4n) is 1.48. The molecular weight excluding hydrogens is 216 g/mol. The van der Waals surface area contributed by atoms with Crippen LogP contribution in [0.4, 0.5) is 5.69 Å². The van der Waals surface area contributed by atoms with Crippen LogP contribution in [0, 0.1) is 0 Å². The number of benzene rings is 1. The molecule has 0 saturated heterocycles. The Kier molecular flexibility index (Phi) is 4.52. The molecule has 4 N–H and O–H groups in total. The van der Waals surface area contributed by atoms with Crippen LogP contribution >= 0.6 is 0 Å². The first kappa shape index (κ1) is 13.5. The summed E-state index contributed by atoms with van der Waals surface area (Å²) in [5, 5.41) is 12.8. The molecular formula is C13H20N2O2. The topological polar surface area (TPSA) is 75.3 Å². The standard InChI is InChI=1S/C13H20N2O2/c1-3-13(17,4-2)9-15-12(16)10-5-7-11(14)8-6-10/h5-8,17H,3-4,9,14H2,1-2H3,(H,15,16). The van der Waals surface area contributed by atoms with E-state index in [9.17, 15) is 9.90 Å². The molecule has 0 radical (unpaired) electrons. The van der Waals surface area contributed by atoms with Gasteiger partial charge in [0, 0.05) is 17.8 Å². The van der Waals surface area contributed by atoms with E-state index in [1.807, 2.05) is 13.8 Å². The van der Waals surface area contributed by atoms with E-state index >= 15 is 0 Å². The molecule has 0 aromatic heterocycles. The number of amides is 1. The Labute approximate surface area is 102 Å². The van der Waals surface area contributed by atoms with Crippen molar-refractivity contribution in [3.8, 4) is 0 Å². The van der Waals surface area contributed by atoms with Gasteiger partial charge in [-0.15, -0.1) is 0 Å². The summed E-state index contributed by atoms with van der Waals surface area (Å²) in [6.07, 6.45) is 1.23. The van der Waals surface area contributed by atoms with Crippen LogP contribution in [-0.4, -0.2) is 23.2 Å². The zero-order valence-electron chi connectivity index (χ0n) is 10.4. The van der Waals surface area contributed by atoms with Crippen LogP contribution in [0.5, 0.6) is 0 Å². The lowest BCUT2D eigenvalue weighted by atomic mass is 9.97. The summed E-state index contributed by atoms with van der Waals surface area (Å²) in [7, 11) is 0. The Morgan fingerprint density at radius 3 is 2.29 bits per heavy atom. The zero-order chi connectivity index (χ0) is 12.9. The van der Waals surface area contributed by atoms with Crippen LogP contribution in [0.15, 0.2) is 24.3 Å². The minimum Gasteiger partial charge on any atom is -0.399 e. The molecule has 0 atom stereocenters. The molecule has 0 aliphatic heterocycles. The van der Waals surface area contributed by atoms with Crippen molar-refractivity contribution in [2.24, 2.45) is 0 Å². The van der Waals surface area contributed by atoms with E-state index in [-0.39, 0.29) is 12.5 Å². The Morgan fingerprint density at radius 2 is 1.82 bits per heavy atom. The molecule has 0 bridgehead atoms. The highest BCUT2D eigenvalue weighted by molar-refractivity contribution is 5.94. The van der Waals surface area contributed by atoms with Gasteiger partial charge in [0.1, 0.15) is 0 Å². The predicted molar refractivity (Wildman–Crippen MR) is 68.7 cm³/mol. The average molecular weight is 236 g/mol. The van der Waals surface area contributed by atoms with E-state index < -0.39 is 5.60 Å². The van der Waals surface area contributed by atoms with Crippen LogP contribution in [-0.2, 0) is 0 Å². The third-order valence-corrected chi connectivity index (χ3v) is 3.07. The number of carbonyl (C=O) groups is 1. The number of anilines is 1. The third-order valence-electron chi connectivity index (χ3n) is 3.07. The number of nitrogens with one attached hydrogen (secondary N) is 1. The molecule has 1 amide bonds. The minimum atomic E-state index is -0.816. The van der Waals surface area contributed by atoms with E-state index in [0.717, 1.165) is 0 Å². The SMILES string of the molecule is CCC(O)(CC)CNC(=O)c1ccc(N)cc1.